The zero-order chi connectivity index (χ0) is 17.3. The third-order valence-electron chi connectivity index (χ3n) is 4.26. The van der Waals surface area contributed by atoms with Gasteiger partial charge in [0.25, 0.3) is 0 Å². The van der Waals surface area contributed by atoms with E-state index in [0.29, 0.717) is 0 Å². The molecule has 0 radical (unpaired) electrons. The first-order valence-electron chi connectivity index (χ1n) is 8.40. The van der Waals surface area contributed by atoms with Gasteiger partial charge in [0.2, 0.25) is 0 Å². The van der Waals surface area contributed by atoms with Gasteiger partial charge >= 0.3 is 0 Å². The number of aryl methyl sites for hydroxylation is 1. The predicted molar refractivity (Wildman–Crippen MR) is 97.0 cm³/mol. The highest BCUT2D eigenvalue weighted by molar-refractivity contribution is 5.50. The summed E-state index contributed by atoms with van der Waals surface area (Å²) in [5.74, 6) is 1.07. The molecule has 2 heteroatoms. The van der Waals surface area contributed by atoms with Crippen LogP contribution in [0.5, 0.6) is 5.75 Å². The molecule has 2 nitrogen and oxygen atoms in total. The molecule has 1 unspecified atom stereocenters. The lowest BCUT2D eigenvalue weighted by Crippen LogP contribution is -2.35. The second kappa shape index (κ2) is 6.62. The molecule has 1 aromatic carbocycles. The Morgan fingerprint density at radius 1 is 1.00 bits per heavy atom. The highest BCUT2D eigenvalue weighted by atomic mass is 16.5. The van der Waals surface area contributed by atoms with E-state index >= 15 is 0 Å². The molecular formula is C20H35NO. The SMILES string of the molecule is CCN(C)C(C)Oc1c(C(C)(C)C)cc(C)cc1C(C)(C)C. The van der Waals surface area contributed by atoms with E-state index in [1.165, 1.54) is 16.7 Å². The average molecular weight is 306 g/mol. The number of benzene rings is 1. The average Bonchev–Trinajstić information content (AvgIpc) is 2.36. The maximum atomic E-state index is 6.46. The molecule has 0 bridgehead atoms. The topological polar surface area (TPSA) is 12.5 Å². The minimum Gasteiger partial charge on any atom is -0.475 e. The molecule has 1 atom stereocenters. The molecule has 1 rings (SSSR count). The molecule has 0 heterocycles. The molecule has 22 heavy (non-hydrogen) atoms. The Balaban J connectivity index is 3.49. The lowest BCUT2D eigenvalue weighted by molar-refractivity contribution is 0.0616. The van der Waals surface area contributed by atoms with Crippen LogP contribution in [0, 0.1) is 6.92 Å². The highest BCUT2D eigenvalue weighted by Crippen LogP contribution is 2.41. The van der Waals surface area contributed by atoms with Crippen LogP contribution in [0.1, 0.15) is 72.1 Å². The quantitative estimate of drug-likeness (QED) is 0.703. The van der Waals surface area contributed by atoms with E-state index < -0.39 is 0 Å². The summed E-state index contributed by atoms with van der Waals surface area (Å²) >= 11 is 0. The Kier molecular flexibility index (Phi) is 5.72. The molecule has 0 aliphatic rings. The minimum absolute atomic E-state index is 0.0614. The molecule has 0 aliphatic heterocycles. The van der Waals surface area contributed by atoms with Gasteiger partial charge in [0, 0.05) is 11.1 Å². The van der Waals surface area contributed by atoms with Gasteiger partial charge < -0.3 is 4.74 Å². The van der Waals surface area contributed by atoms with Gasteiger partial charge in [-0.15, -0.1) is 0 Å². The van der Waals surface area contributed by atoms with Crippen molar-refractivity contribution in [3.8, 4) is 5.75 Å². The molecule has 0 amide bonds. The van der Waals surface area contributed by atoms with E-state index in [1.54, 1.807) is 0 Å². The van der Waals surface area contributed by atoms with Crippen LogP contribution >= 0.6 is 0 Å². The van der Waals surface area contributed by atoms with Crippen molar-refractivity contribution in [3.63, 3.8) is 0 Å². The van der Waals surface area contributed by atoms with Crippen LogP contribution in [-0.2, 0) is 10.8 Å². The molecular weight excluding hydrogens is 270 g/mol. The van der Waals surface area contributed by atoms with Gasteiger partial charge in [-0.25, -0.2) is 0 Å². The lowest BCUT2D eigenvalue weighted by Gasteiger charge is -2.33. The second-order valence-electron chi connectivity index (χ2n) is 8.48. The summed E-state index contributed by atoms with van der Waals surface area (Å²) in [6, 6.07) is 4.56. The van der Waals surface area contributed by atoms with Crippen molar-refractivity contribution in [1.82, 2.24) is 4.90 Å². The summed E-state index contributed by atoms with van der Waals surface area (Å²) in [6.45, 7) is 21.0. The summed E-state index contributed by atoms with van der Waals surface area (Å²) in [6.07, 6.45) is 0.0647. The number of rotatable bonds is 4. The molecule has 0 N–H and O–H groups in total. The number of hydrogen-bond donors (Lipinski definition) is 0. The van der Waals surface area contributed by atoms with Crippen molar-refractivity contribution in [1.29, 1.82) is 0 Å². The summed E-state index contributed by atoms with van der Waals surface area (Å²) in [4.78, 5) is 2.22. The standard InChI is InChI=1S/C20H35NO/c1-11-21(10)15(3)22-18-16(19(4,5)6)12-14(2)13-17(18)20(7,8)9/h12-13,15H,11H2,1-10H3. The van der Waals surface area contributed by atoms with Crippen molar-refractivity contribution in [2.75, 3.05) is 13.6 Å². The summed E-state index contributed by atoms with van der Waals surface area (Å²) in [7, 11) is 2.10. The van der Waals surface area contributed by atoms with Crippen LogP contribution in [0.15, 0.2) is 12.1 Å². The van der Waals surface area contributed by atoms with E-state index in [1.807, 2.05) is 0 Å². The normalized spacial score (nSPS) is 14.3. The van der Waals surface area contributed by atoms with Crippen LogP contribution in [0.2, 0.25) is 0 Å². The summed E-state index contributed by atoms with van der Waals surface area (Å²) in [5.41, 5.74) is 4.03. The Morgan fingerprint density at radius 3 is 1.73 bits per heavy atom. The highest BCUT2D eigenvalue weighted by Gasteiger charge is 2.28. The van der Waals surface area contributed by atoms with Crippen LogP contribution < -0.4 is 4.74 Å². The van der Waals surface area contributed by atoms with Crippen molar-refractivity contribution >= 4 is 0 Å². The first kappa shape index (κ1) is 19.0. The molecule has 0 fully saturated rings. The summed E-state index contributed by atoms with van der Waals surface area (Å²) in [5, 5.41) is 0. The van der Waals surface area contributed by atoms with E-state index in [-0.39, 0.29) is 17.1 Å². The maximum absolute atomic E-state index is 6.46. The van der Waals surface area contributed by atoms with E-state index in [2.05, 4.69) is 86.4 Å². The monoisotopic (exact) mass is 305 g/mol. The van der Waals surface area contributed by atoms with Gasteiger partial charge in [0.1, 0.15) is 12.0 Å². The van der Waals surface area contributed by atoms with Gasteiger partial charge in [0.05, 0.1) is 0 Å². The van der Waals surface area contributed by atoms with Crippen LogP contribution in [0.3, 0.4) is 0 Å². The first-order valence-corrected chi connectivity index (χ1v) is 8.40. The largest absolute Gasteiger partial charge is 0.475 e. The predicted octanol–water partition coefficient (Wildman–Crippen LogP) is 5.27. The van der Waals surface area contributed by atoms with Crippen molar-refractivity contribution in [2.45, 2.75) is 79.4 Å². The molecule has 1 aromatic rings. The molecule has 0 aromatic heterocycles. The molecule has 0 spiro atoms. The van der Waals surface area contributed by atoms with Crippen LogP contribution in [-0.4, -0.2) is 24.7 Å². The van der Waals surface area contributed by atoms with Crippen molar-refractivity contribution < 1.29 is 4.74 Å². The minimum atomic E-state index is 0.0614. The number of nitrogens with zero attached hydrogens (tertiary/aromatic N) is 1. The summed E-state index contributed by atoms with van der Waals surface area (Å²) < 4.78 is 6.46. The maximum Gasteiger partial charge on any atom is 0.149 e. The van der Waals surface area contributed by atoms with Crippen LogP contribution in [0.25, 0.3) is 0 Å². The Bertz CT molecular complexity index is 470. The fraction of sp³-hybridized carbons (Fsp3) is 0.700. The second-order valence-corrected chi connectivity index (χ2v) is 8.48. The number of ether oxygens (including phenoxy) is 1. The molecule has 0 saturated heterocycles. The van der Waals surface area contributed by atoms with Gasteiger partial charge in [0.15, 0.2) is 0 Å². The van der Waals surface area contributed by atoms with Crippen molar-refractivity contribution in [2.24, 2.45) is 0 Å². The van der Waals surface area contributed by atoms with E-state index in [4.69, 9.17) is 4.74 Å². The van der Waals surface area contributed by atoms with Gasteiger partial charge in [-0.1, -0.05) is 66.2 Å². The molecule has 0 aliphatic carbocycles. The van der Waals surface area contributed by atoms with Gasteiger partial charge in [-0.05, 0) is 38.3 Å². The van der Waals surface area contributed by atoms with E-state index in [0.717, 1.165) is 12.3 Å². The van der Waals surface area contributed by atoms with Gasteiger partial charge in [-0.2, -0.15) is 0 Å². The Morgan fingerprint density at radius 2 is 1.41 bits per heavy atom. The van der Waals surface area contributed by atoms with Crippen molar-refractivity contribution in [3.05, 3.63) is 28.8 Å². The van der Waals surface area contributed by atoms with Gasteiger partial charge in [-0.3, -0.25) is 4.90 Å². The fourth-order valence-electron chi connectivity index (χ4n) is 2.53. The molecule has 126 valence electrons. The zero-order valence-corrected chi connectivity index (χ0v) is 16.3. The fourth-order valence-corrected chi connectivity index (χ4v) is 2.53. The lowest BCUT2D eigenvalue weighted by atomic mass is 9.78. The zero-order valence-electron chi connectivity index (χ0n) is 16.3. The smallest absolute Gasteiger partial charge is 0.149 e. The van der Waals surface area contributed by atoms with Crippen LogP contribution in [0.4, 0.5) is 0 Å². The third kappa shape index (κ3) is 4.49. The molecule has 0 saturated carbocycles. The Hall–Kier alpha value is -1.02. The Labute approximate surface area is 137 Å². The van der Waals surface area contributed by atoms with E-state index in [9.17, 15) is 0 Å². The number of hydrogen-bond acceptors (Lipinski definition) is 2. The third-order valence-corrected chi connectivity index (χ3v) is 4.26. The first-order chi connectivity index (χ1) is 9.87.